The van der Waals surface area contributed by atoms with Crippen molar-refractivity contribution in [2.75, 3.05) is 40.0 Å². The number of hydrogen-bond donors (Lipinski definition) is 2. The van der Waals surface area contributed by atoms with Crippen LogP contribution in [0.3, 0.4) is 0 Å². The third-order valence-corrected chi connectivity index (χ3v) is 1.61. The molecule has 84 valence electrons. The lowest BCUT2D eigenvalue weighted by molar-refractivity contribution is -0.121. The van der Waals surface area contributed by atoms with E-state index < -0.39 is 0 Å². The molecule has 0 unspecified atom stereocenters. The summed E-state index contributed by atoms with van der Waals surface area (Å²) in [5.74, 6) is 0.0331. The molecule has 1 amide bonds. The SMILES string of the molecule is COCCOCCNC(=O)CCCN. The van der Waals surface area contributed by atoms with E-state index in [1.165, 1.54) is 0 Å². The third kappa shape index (κ3) is 9.44. The number of carbonyl (C=O) groups is 1. The monoisotopic (exact) mass is 204 g/mol. The number of nitrogens with two attached hydrogens (primary N) is 1. The van der Waals surface area contributed by atoms with Gasteiger partial charge >= 0.3 is 0 Å². The van der Waals surface area contributed by atoms with Crippen molar-refractivity contribution >= 4 is 5.91 Å². The molecule has 14 heavy (non-hydrogen) atoms. The Morgan fingerprint density at radius 1 is 1.36 bits per heavy atom. The van der Waals surface area contributed by atoms with Crippen LogP contribution in [-0.4, -0.2) is 45.9 Å². The summed E-state index contributed by atoms with van der Waals surface area (Å²) in [6.07, 6.45) is 1.23. The van der Waals surface area contributed by atoms with Gasteiger partial charge in [-0.2, -0.15) is 0 Å². The molecule has 5 heteroatoms. The van der Waals surface area contributed by atoms with E-state index in [0.29, 0.717) is 39.3 Å². The van der Waals surface area contributed by atoms with Crippen LogP contribution in [0.1, 0.15) is 12.8 Å². The summed E-state index contributed by atoms with van der Waals surface area (Å²) in [5.41, 5.74) is 5.27. The summed E-state index contributed by atoms with van der Waals surface area (Å²) >= 11 is 0. The fourth-order valence-corrected chi connectivity index (χ4v) is 0.858. The number of nitrogens with one attached hydrogen (secondary N) is 1. The van der Waals surface area contributed by atoms with Crippen LogP contribution in [0.2, 0.25) is 0 Å². The summed E-state index contributed by atoms with van der Waals surface area (Å²) in [4.78, 5) is 11.0. The summed E-state index contributed by atoms with van der Waals surface area (Å²) in [7, 11) is 1.62. The zero-order valence-electron chi connectivity index (χ0n) is 8.75. The second-order valence-electron chi connectivity index (χ2n) is 2.85. The van der Waals surface area contributed by atoms with Crippen LogP contribution in [0.25, 0.3) is 0 Å². The minimum absolute atomic E-state index is 0.0331. The van der Waals surface area contributed by atoms with Crippen molar-refractivity contribution in [3.63, 3.8) is 0 Å². The van der Waals surface area contributed by atoms with E-state index in [1.807, 2.05) is 0 Å². The van der Waals surface area contributed by atoms with Crippen molar-refractivity contribution in [1.82, 2.24) is 5.32 Å². The van der Waals surface area contributed by atoms with Gasteiger partial charge in [0.25, 0.3) is 0 Å². The maximum Gasteiger partial charge on any atom is 0.220 e. The Morgan fingerprint density at radius 3 is 2.79 bits per heavy atom. The zero-order chi connectivity index (χ0) is 10.6. The quantitative estimate of drug-likeness (QED) is 0.497. The van der Waals surface area contributed by atoms with E-state index in [0.717, 1.165) is 6.42 Å². The smallest absolute Gasteiger partial charge is 0.220 e. The van der Waals surface area contributed by atoms with Crippen LogP contribution in [0.15, 0.2) is 0 Å². The van der Waals surface area contributed by atoms with Crippen LogP contribution >= 0.6 is 0 Å². The van der Waals surface area contributed by atoms with Gasteiger partial charge in [-0.25, -0.2) is 0 Å². The Labute approximate surface area is 84.9 Å². The van der Waals surface area contributed by atoms with Crippen LogP contribution < -0.4 is 11.1 Å². The third-order valence-electron chi connectivity index (χ3n) is 1.61. The molecule has 5 nitrogen and oxygen atoms in total. The standard InChI is InChI=1S/C9H20N2O3/c1-13-7-8-14-6-5-11-9(12)3-2-4-10/h2-8,10H2,1H3,(H,11,12). The Kier molecular flexibility index (Phi) is 9.95. The molecule has 0 fully saturated rings. The molecule has 0 saturated heterocycles. The molecule has 3 N–H and O–H groups in total. The molecule has 0 aliphatic heterocycles. The van der Waals surface area contributed by atoms with Gasteiger partial charge in [0.05, 0.1) is 19.8 Å². The molecule has 0 aliphatic carbocycles. The summed E-state index contributed by atoms with van der Waals surface area (Å²) in [5, 5.41) is 2.73. The van der Waals surface area contributed by atoms with E-state index >= 15 is 0 Å². The molecule has 0 aromatic carbocycles. The molecule has 0 heterocycles. The van der Waals surface area contributed by atoms with E-state index in [1.54, 1.807) is 7.11 Å². The van der Waals surface area contributed by atoms with Gasteiger partial charge < -0.3 is 20.5 Å². The number of rotatable bonds is 9. The van der Waals surface area contributed by atoms with Crippen molar-refractivity contribution in [3.05, 3.63) is 0 Å². The summed E-state index contributed by atoms with van der Waals surface area (Å²) in [6, 6.07) is 0. The molecular weight excluding hydrogens is 184 g/mol. The maximum atomic E-state index is 11.0. The number of amides is 1. The van der Waals surface area contributed by atoms with Gasteiger partial charge in [-0.3, -0.25) is 4.79 Å². The predicted octanol–water partition coefficient (Wildman–Crippen LogP) is -0.495. The number of carbonyl (C=O) groups excluding carboxylic acids is 1. The highest BCUT2D eigenvalue weighted by molar-refractivity contribution is 5.75. The largest absolute Gasteiger partial charge is 0.382 e. The number of hydrogen-bond acceptors (Lipinski definition) is 4. The van der Waals surface area contributed by atoms with Crippen LogP contribution in [0, 0.1) is 0 Å². The van der Waals surface area contributed by atoms with Crippen LogP contribution in [-0.2, 0) is 14.3 Å². The predicted molar refractivity (Wildman–Crippen MR) is 54.0 cm³/mol. The molecule has 0 aromatic heterocycles. The van der Waals surface area contributed by atoms with Crippen LogP contribution in [0.5, 0.6) is 0 Å². The van der Waals surface area contributed by atoms with Gasteiger partial charge in [-0.05, 0) is 13.0 Å². The molecule has 0 rings (SSSR count). The molecule has 0 saturated carbocycles. The second-order valence-corrected chi connectivity index (χ2v) is 2.85. The molecule has 0 radical (unpaired) electrons. The first-order valence-electron chi connectivity index (χ1n) is 4.84. The molecule has 0 aromatic rings. The lowest BCUT2D eigenvalue weighted by atomic mass is 10.3. The van der Waals surface area contributed by atoms with E-state index in [4.69, 9.17) is 15.2 Å². The topological polar surface area (TPSA) is 73.6 Å². The molecule has 0 bridgehead atoms. The van der Waals surface area contributed by atoms with Crippen LogP contribution in [0.4, 0.5) is 0 Å². The van der Waals surface area contributed by atoms with E-state index in [-0.39, 0.29) is 5.91 Å². The zero-order valence-corrected chi connectivity index (χ0v) is 8.75. The lowest BCUT2D eigenvalue weighted by Gasteiger charge is -2.05. The van der Waals surface area contributed by atoms with E-state index in [9.17, 15) is 4.79 Å². The van der Waals surface area contributed by atoms with Gasteiger partial charge in [0.15, 0.2) is 0 Å². The van der Waals surface area contributed by atoms with Crippen molar-refractivity contribution in [1.29, 1.82) is 0 Å². The average Bonchev–Trinajstić information content (AvgIpc) is 2.20. The Morgan fingerprint density at radius 2 is 2.14 bits per heavy atom. The van der Waals surface area contributed by atoms with Gasteiger partial charge in [0.1, 0.15) is 0 Å². The van der Waals surface area contributed by atoms with Gasteiger partial charge in [-0.15, -0.1) is 0 Å². The highest BCUT2D eigenvalue weighted by atomic mass is 16.5. The van der Waals surface area contributed by atoms with Gasteiger partial charge in [0.2, 0.25) is 5.91 Å². The van der Waals surface area contributed by atoms with Crippen molar-refractivity contribution in [2.24, 2.45) is 5.73 Å². The molecule has 0 aliphatic rings. The molecular formula is C9H20N2O3. The normalized spacial score (nSPS) is 10.1. The first kappa shape index (κ1) is 13.4. The Hall–Kier alpha value is -0.650. The fraction of sp³-hybridized carbons (Fsp3) is 0.889. The van der Waals surface area contributed by atoms with E-state index in [2.05, 4.69) is 5.32 Å². The van der Waals surface area contributed by atoms with Crippen molar-refractivity contribution in [2.45, 2.75) is 12.8 Å². The molecule has 0 spiro atoms. The molecule has 0 atom stereocenters. The lowest BCUT2D eigenvalue weighted by Crippen LogP contribution is -2.27. The maximum absolute atomic E-state index is 11.0. The van der Waals surface area contributed by atoms with Gasteiger partial charge in [0, 0.05) is 20.1 Å². The first-order valence-corrected chi connectivity index (χ1v) is 4.84. The minimum atomic E-state index is 0.0331. The fourth-order valence-electron chi connectivity index (χ4n) is 0.858. The van der Waals surface area contributed by atoms with Crippen molar-refractivity contribution in [3.8, 4) is 0 Å². The average molecular weight is 204 g/mol. The summed E-state index contributed by atoms with van der Waals surface area (Å²) < 4.78 is 9.96. The number of methoxy groups -OCH3 is 1. The Balaban J connectivity index is 3.07. The van der Waals surface area contributed by atoms with Crippen molar-refractivity contribution < 1.29 is 14.3 Å². The first-order chi connectivity index (χ1) is 6.81. The van der Waals surface area contributed by atoms with Gasteiger partial charge in [-0.1, -0.05) is 0 Å². The number of ether oxygens (including phenoxy) is 2. The highest BCUT2D eigenvalue weighted by Crippen LogP contribution is 1.84. The second kappa shape index (κ2) is 10.4. The highest BCUT2D eigenvalue weighted by Gasteiger charge is 1.98. The Bertz CT molecular complexity index is 142. The minimum Gasteiger partial charge on any atom is -0.382 e. The summed E-state index contributed by atoms with van der Waals surface area (Å²) in [6.45, 7) is 2.78.